The summed E-state index contributed by atoms with van der Waals surface area (Å²) >= 11 is 0. The lowest BCUT2D eigenvalue weighted by molar-refractivity contribution is 0.294. The predicted molar refractivity (Wildman–Crippen MR) is 118 cm³/mol. The molecule has 0 heteroatoms. The fraction of sp³-hybridized carbons (Fsp3) is 0.630. The van der Waals surface area contributed by atoms with Crippen molar-refractivity contribution in [2.75, 3.05) is 0 Å². The van der Waals surface area contributed by atoms with Crippen molar-refractivity contribution in [3.05, 3.63) is 47.5 Å². The van der Waals surface area contributed by atoms with Crippen molar-refractivity contribution >= 4 is 0 Å². The van der Waals surface area contributed by atoms with Crippen LogP contribution in [0.3, 0.4) is 0 Å². The molecule has 0 nitrogen and oxygen atoms in total. The maximum Gasteiger partial charge on any atom is 0.0249 e. The fourth-order valence-electron chi connectivity index (χ4n) is 5.13. The van der Waals surface area contributed by atoms with Gasteiger partial charge in [-0.05, 0) is 98.8 Å². The summed E-state index contributed by atoms with van der Waals surface area (Å²) in [6, 6.07) is 9.08. The van der Waals surface area contributed by atoms with E-state index in [-0.39, 0.29) is 0 Å². The van der Waals surface area contributed by atoms with E-state index < -0.39 is 0 Å². The normalized spacial score (nSPS) is 28.7. The van der Waals surface area contributed by atoms with E-state index in [1.165, 1.54) is 76.2 Å². The molecule has 1 aromatic rings. The van der Waals surface area contributed by atoms with Crippen molar-refractivity contribution in [2.24, 2.45) is 17.8 Å². The zero-order chi connectivity index (χ0) is 18.9. The Morgan fingerprint density at radius 2 is 1.52 bits per heavy atom. The van der Waals surface area contributed by atoms with E-state index in [1.807, 2.05) is 0 Å². The van der Waals surface area contributed by atoms with E-state index in [0.717, 1.165) is 29.2 Å². The maximum atomic E-state index is 3.32. The highest BCUT2D eigenvalue weighted by Gasteiger charge is 2.21. The number of allylic oxidation sites excluding steroid dienone is 2. The lowest BCUT2D eigenvalue weighted by Gasteiger charge is -2.28. The van der Waals surface area contributed by atoms with Gasteiger partial charge in [-0.15, -0.1) is 0 Å². The van der Waals surface area contributed by atoms with Crippen LogP contribution in [-0.2, 0) is 0 Å². The molecule has 1 aromatic carbocycles. The van der Waals surface area contributed by atoms with Crippen LogP contribution in [0.2, 0.25) is 0 Å². The minimum absolute atomic E-state index is 0.757. The average molecular weight is 363 g/mol. The van der Waals surface area contributed by atoms with Crippen molar-refractivity contribution in [2.45, 2.75) is 90.4 Å². The molecule has 27 heavy (non-hydrogen) atoms. The Bertz CT molecular complexity index is 623. The second-order valence-electron chi connectivity index (χ2n) is 8.95. The van der Waals surface area contributed by atoms with Gasteiger partial charge in [0.2, 0.25) is 0 Å². The summed E-state index contributed by atoms with van der Waals surface area (Å²) in [5.74, 6) is 10.1. The van der Waals surface area contributed by atoms with Crippen molar-refractivity contribution in [1.29, 1.82) is 0 Å². The van der Waals surface area contributed by atoms with Crippen LogP contribution in [0.15, 0.2) is 36.4 Å². The smallest absolute Gasteiger partial charge is 0.0249 e. The third kappa shape index (κ3) is 6.27. The van der Waals surface area contributed by atoms with Crippen LogP contribution in [0.4, 0.5) is 0 Å². The molecule has 0 atom stereocenters. The summed E-state index contributed by atoms with van der Waals surface area (Å²) in [6.45, 7) is 4.65. The molecule has 3 rings (SSSR count). The largest absolute Gasteiger partial charge is 0.0730 e. The SMILES string of the molecule is CCC[C@H]1CC[C@H](/C=C/C#Cc2ccc([C@H]3CC[C@H](CC)CC3)cc2)CC1. The third-order valence-electron chi connectivity index (χ3n) is 7.06. The van der Waals surface area contributed by atoms with E-state index in [4.69, 9.17) is 0 Å². The van der Waals surface area contributed by atoms with E-state index in [9.17, 15) is 0 Å². The van der Waals surface area contributed by atoms with Crippen LogP contribution >= 0.6 is 0 Å². The molecule has 0 aromatic heterocycles. The highest BCUT2D eigenvalue weighted by atomic mass is 14.3. The van der Waals surface area contributed by atoms with Gasteiger partial charge in [0, 0.05) is 5.56 Å². The number of benzene rings is 1. The molecule has 2 fully saturated rings. The Balaban J connectivity index is 1.45. The average Bonchev–Trinajstić information content (AvgIpc) is 2.73. The minimum Gasteiger partial charge on any atom is -0.0730 e. The quantitative estimate of drug-likeness (QED) is 0.467. The topological polar surface area (TPSA) is 0 Å². The predicted octanol–water partition coefficient (Wildman–Crippen LogP) is 7.88. The Morgan fingerprint density at radius 3 is 2.15 bits per heavy atom. The van der Waals surface area contributed by atoms with E-state index in [0.29, 0.717) is 0 Å². The maximum absolute atomic E-state index is 3.32. The van der Waals surface area contributed by atoms with Gasteiger partial charge in [-0.1, -0.05) is 63.2 Å². The van der Waals surface area contributed by atoms with Crippen molar-refractivity contribution in [3.63, 3.8) is 0 Å². The fourth-order valence-corrected chi connectivity index (χ4v) is 5.13. The second-order valence-corrected chi connectivity index (χ2v) is 8.95. The Morgan fingerprint density at radius 1 is 0.852 bits per heavy atom. The lowest BCUT2D eigenvalue weighted by atomic mass is 9.78. The van der Waals surface area contributed by atoms with Crippen LogP contribution in [-0.4, -0.2) is 0 Å². The van der Waals surface area contributed by atoms with Gasteiger partial charge in [0.25, 0.3) is 0 Å². The van der Waals surface area contributed by atoms with Crippen LogP contribution < -0.4 is 0 Å². The minimum atomic E-state index is 0.757. The first-order chi connectivity index (χ1) is 13.3. The number of hydrogen-bond acceptors (Lipinski definition) is 0. The zero-order valence-electron chi connectivity index (χ0n) is 17.6. The Kier molecular flexibility index (Phi) is 8.07. The first-order valence-electron chi connectivity index (χ1n) is 11.6. The number of hydrogen-bond donors (Lipinski definition) is 0. The molecule has 0 heterocycles. The lowest BCUT2D eigenvalue weighted by Crippen LogP contribution is -2.12. The van der Waals surface area contributed by atoms with Gasteiger partial charge in [-0.3, -0.25) is 0 Å². The van der Waals surface area contributed by atoms with Gasteiger partial charge in [0.1, 0.15) is 0 Å². The molecule has 0 amide bonds. The van der Waals surface area contributed by atoms with Gasteiger partial charge in [0.15, 0.2) is 0 Å². The molecule has 146 valence electrons. The van der Waals surface area contributed by atoms with E-state index in [2.05, 4.69) is 62.1 Å². The molecule has 0 saturated heterocycles. The molecule has 0 aliphatic heterocycles. The van der Waals surface area contributed by atoms with Gasteiger partial charge < -0.3 is 0 Å². The summed E-state index contributed by atoms with van der Waals surface area (Å²) in [5.41, 5.74) is 2.67. The molecule has 2 aliphatic carbocycles. The molecule has 2 saturated carbocycles. The highest BCUT2D eigenvalue weighted by Crippen LogP contribution is 2.37. The molecule has 0 radical (unpaired) electrons. The first-order valence-corrected chi connectivity index (χ1v) is 11.6. The van der Waals surface area contributed by atoms with E-state index >= 15 is 0 Å². The Hall–Kier alpha value is -1.48. The molecule has 0 spiro atoms. The van der Waals surface area contributed by atoms with E-state index in [1.54, 1.807) is 0 Å². The standard InChI is InChI=1S/C27H38/c1-3-7-23-10-12-24(13-11-23)8-5-6-9-25-16-20-27(21-17-25)26-18-14-22(4-2)15-19-26/h5,8,16-17,20-24,26H,3-4,7,10-15,18-19H2,1-2H3/b8-5+/t22-,23-,24-,26-. The molecule has 0 N–H and O–H groups in total. The third-order valence-corrected chi connectivity index (χ3v) is 7.06. The zero-order valence-corrected chi connectivity index (χ0v) is 17.6. The van der Waals surface area contributed by atoms with Crippen molar-refractivity contribution < 1.29 is 0 Å². The summed E-state index contributed by atoms with van der Waals surface area (Å²) in [5, 5.41) is 0. The van der Waals surface area contributed by atoms with Gasteiger partial charge in [-0.2, -0.15) is 0 Å². The first kappa shape index (κ1) is 20.3. The second kappa shape index (κ2) is 10.8. The van der Waals surface area contributed by atoms with Gasteiger partial charge in [0.05, 0.1) is 0 Å². The molecular weight excluding hydrogens is 324 g/mol. The van der Waals surface area contributed by atoms with Crippen LogP contribution in [0.5, 0.6) is 0 Å². The van der Waals surface area contributed by atoms with Gasteiger partial charge >= 0.3 is 0 Å². The summed E-state index contributed by atoms with van der Waals surface area (Å²) in [6.07, 6.45) is 19.7. The van der Waals surface area contributed by atoms with Crippen LogP contribution in [0, 0.1) is 29.6 Å². The summed E-state index contributed by atoms with van der Waals surface area (Å²) in [4.78, 5) is 0. The summed E-state index contributed by atoms with van der Waals surface area (Å²) in [7, 11) is 0. The molecule has 0 bridgehead atoms. The number of rotatable bonds is 5. The van der Waals surface area contributed by atoms with Crippen LogP contribution in [0.25, 0.3) is 0 Å². The highest BCUT2D eigenvalue weighted by molar-refractivity contribution is 5.39. The summed E-state index contributed by atoms with van der Waals surface area (Å²) < 4.78 is 0. The molecule has 2 aliphatic rings. The molecule has 0 unspecified atom stereocenters. The molecular formula is C27H38. The van der Waals surface area contributed by atoms with Gasteiger partial charge in [-0.25, -0.2) is 0 Å². The monoisotopic (exact) mass is 362 g/mol. The van der Waals surface area contributed by atoms with Crippen molar-refractivity contribution in [1.82, 2.24) is 0 Å². The Labute approximate surface area is 167 Å². The van der Waals surface area contributed by atoms with Crippen LogP contribution in [0.1, 0.15) is 102 Å². The van der Waals surface area contributed by atoms with Crippen molar-refractivity contribution in [3.8, 4) is 11.8 Å².